The van der Waals surface area contributed by atoms with Crippen molar-refractivity contribution in [2.75, 3.05) is 13.7 Å². The van der Waals surface area contributed by atoms with Crippen LogP contribution in [0.1, 0.15) is 36.3 Å². The largest absolute Gasteiger partial charge is 0.468 e. The lowest BCUT2D eigenvalue weighted by Crippen LogP contribution is -2.58. The Morgan fingerprint density at radius 1 is 1.13 bits per heavy atom. The molecule has 2 heterocycles. The molecule has 6 heteroatoms. The van der Waals surface area contributed by atoms with E-state index in [1.54, 1.807) is 0 Å². The molecule has 0 spiro atoms. The van der Waals surface area contributed by atoms with Crippen molar-refractivity contribution in [3.63, 3.8) is 0 Å². The lowest BCUT2D eigenvalue weighted by Gasteiger charge is -2.43. The number of nitro groups is 1. The van der Waals surface area contributed by atoms with Gasteiger partial charge in [-0.15, -0.1) is 0 Å². The maximum absolute atomic E-state index is 13.2. The van der Waals surface area contributed by atoms with Crippen LogP contribution in [0.25, 0.3) is 6.08 Å². The number of carbonyl (C=O) groups is 1. The number of rotatable bonds is 5. The van der Waals surface area contributed by atoms with Crippen molar-refractivity contribution >= 4 is 12.0 Å². The first-order valence-electron chi connectivity index (χ1n) is 10.4. The fourth-order valence-corrected chi connectivity index (χ4v) is 5.33. The van der Waals surface area contributed by atoms with E-state index in [1.807, 2.05) is 77.7 Å². The summed E-state index contributed by atoms with van der Waals surface area (Å²) < 4.78 is 5.26. The van der Waals surface area contributed by atoms with Crippen LogP contribution in [0.4, 0.5) is 0 Å². The molecule has 0 aliphatic carbocycles. The molecule has 4 atom stereocenters. The van der Waals surface area contributed by atoms with E-state index >= 15 is 0 Å². The molecule has 2 aliphatic heterocycles. The van der Waals surface area contributed by atoms with Gasteiger partial charge < -0.3 is 4.74 Å². The Kier molecular flexibility index (Phi) is 5.68. The highest BCUT2D eigenvalue weighted by Crippen LogP contribution is 2.52. The number of methoxy groups -OCH3 is 1. The van der Waals surface area contributed by atoms with Gasteiger partial charge in [0.15, 0.2) is 0 Å². The van der Waals surface area contributed by atoms with Gasteiger partial charge in [0.2, 0.25) is 6.04 Å². The van der Waals surface area contributed by atoms with E-state index in [0.29, 0.717) is 13.0 Å². The monoisotopic (exact) mass is 406 g/mol. The smallest absolute Gasteiger partial charge is 0.327 e. The van der Waals surface area contributed by atoms with Crippen LogP contribution in [0.2, 0.25) is 0 Å². The fourth-order valence-electron chi connectivity index (χ4n) is 5.33. The molecule has 2 saturated heterocycles. The Balaban J connectivity index is 1.87. The molecular formula is C24H26N2O4. The van der Waals surface area contributed by atoms with Gasteiger partial charge in [0, 0.05) is 11.5 Å². The molecular weight excluding hydrogens is 380 g/mol. The third-order valence-corrected chi connectivity index (χ3v) is 6.51. The van der Waals surface area contributed by atoms with Gasteiger partial charge in [-0.3, -0.25) is 19.8 Å². The minimum absolute atomic E-state index is 0.208. The highest BCUT2D eigenvalue weighted by atomic mass is 16.6. The lowest BCUT2D eigenvalue weighted by atomic mass is 9.73. The molecule has 0 unspecified atom stereocenters. The number of esters is 1. The summed E-state index contributed by atoms with van der Waals surface area (Å²) in [5.41, 5.74) is 0.758. The SMILES string of the molecule is COC(=O)[C@]12CCCCN1[C@@H](/C=C/c1ccccc1)[C@@H]([N+](=O)[O-])[C@@H]2c1ccccc1. The molecule has 0 radical (unpaired) electrons. The summed E-state index contributed by atoms with van der Waals surface area (Å²) in [6.45, 7) is 0.632. The van der Waals surface area contributed by atoms with Gasteiger partial charge in [-0.1, -0.05) is 72.8 Å². The van der Waals surface area contributed by atoms with Crippen LogP contribution in [0, 0.1) is 10.1 Å². The number of nitrogens with zero attached hydrogens (tertiary/aromatic N) is 2. The summed E-state index contributed by atoms with van der Waals surface area (Å²) in [6, 6.07) is 17.7. The van der Waals surface area contributed by atoms with Gasteiger partial charge >= 0.3 is 5.97 Å². The van der Waals surface area contributed by atoms with E-state index < -0.39 is 23.5 Å². The maximum atomic E-state index is 13.2. The molecule has 0 saturated carbocycles. The number of hydrogen-bond acceptors (Lipinski definition) is 5. The first kappa shape index (κ1) is 20.3. The molecule has 4 rings (SSSR count). The number of ether oxygens (including phenoxy) is 1. The van der Waals surface area contributed by atoms with Crippen LogP contribution in [0.15, 0.2) is 66.7 Å². The van der Waals surface area contributed by atoms with E-state index in [4.69, 9.17) is 4.74 Å². The quantitative estimate of drug-likeness (QED) is 0.428. The first-order valence-corrected chi connectivity index (χ1v) is 10.4. The first-order chi connectivity index (χ1) is 14.6. The van der Waals surface area contributed by atoms with Crippen molar-refractivity contribution in [2.24, 2.45) is 0 Å². The highest BCUT2D eigenvalue weighted by Gasteiger charge is 2.68. The molecule has 2 aromatic carbocycles. The van der Waals surface area contributed by atoms with Crippen LogP contribution in [0.5, 0.6) is 0 Å². The molecule has 2 fully saturated rings. The Labute approximate surface area is 176 Å². The molecule has 156 valence electrons. The number of piperidine rings is 1. The van der Waals surface area contributed by atoms with Gasteiger partial charge in [-0.25, -0.2) is 0 Å². The number of fused-ring (bicyclic) bond motifs is 1. The van der Waals surface area contributed by atoms with E-state index in [1.165, 1.54) is 7.11 Å². The lowest BCUT2D eigenvalue weighted by molar-refractivity contribution is -0.526. The van der Waals surface area contributed by atoms with Crippen molar-refractivity contribution < 1.29 is 14.5 Å². The molecule has 0 amide bonds. The fraction of sp³-hybridized carbons (Fsp3) is 0.375. The second-order valence-corrected chi connectivity index (χ2v) is 7.99. The molecule has 2 aliphatic rings. The van der Waals surface area contributed by atoms with Crippen LogP contribution in [-0.4, -0.2) is 47.1 Å². The topological polar surface area (TPSA) is 72.7 Å². The molecule has 6 nitrogen and oxygen atoms in total. The summed E-state index contributed by atoms with van der Waals surface area (Å²) in [5, 5.41) is 12.4. The van der Waals surface area contributed by atoms with Gasteiger partial charge in [-0.2, -0.15) is 0 Å². The molecule has 2 aromatic rings. The zero-order valence-corrected chi connectivity index (χ0v) is 17.0. The summed E-state index contributed by atoms with van der Waals surface area (Å²) in [7, 11) is 1.38. The molecule has 30 heavy (non-hydrogen) atoms. The third kappa shape index (κ3) is 3.31. The Morgan fingerprint density at radius 2 is 1.80 bits per heavy atom. The van der Waals surface area contributed by atoms with Crippen LogP contribution < -0.4 is 0 Å². The van der Waals surface area contributed by atoms with Crippen molar-refractivity contribution in [3.05, 3.63) is 88.0 Å². The zero-order chi connectivity index (χ0) is 21.1. The van der Waals surface area contributed by atoms with Crippen LogP contribution in [-0.2, 0) is 9.53 Å². The normalized spacial score (nSPS) is 28.9. The third-order valence-electron chi connectivity index (χ3n) is 6.51. The van der Waals surface area contributed by atoms with E-state index in [0.717, 1.165) is 24.0 Å². The van der Waals surface area contributed by atoms with Gasteiger partial charge in [-0.05, 0) is 30.4 Å². The summed E-state index contributed by atoms with van der Waals surface area (Å²) in [5.74, 6) is -0.953. The van der Waals surface area contributed by atoms with Crippen molar-refractivity contribution in [2.45, 2.75) is 42.8 Å². The summed E-state index contributed by atoms with van der Waals surface area (Å²) >= 11 is 0. The highest BCUT2D eigenvalue weighted by molar-refractivity contribution is 5.84. The maximum Gasteiger partial charge on any atom is 0.327 e. The Morgan fingerprint density at radius 3 is 2.43 bits per heavy atom. The van der Waals surface area contributed by atoms with Gasteiger partial charge in [0.25, 0.3) is 0 Å². The molecule has 0 aromatic heterocycles. The molecule has 0 bridgehead atoms. The Hall–Kier alpha value is -2.99. The van der Waals surface area contributed by atoms with Crippen LogP contribution in [0.3, 0.4) is 0 Å². The predicted molar refractivity (Wildman–Crippen MR) is 115 cm³/mol. The van der Waals surface area contributed by atoms with Crippen molar-refractivity contribution in [1.82, 2.24) is 4.90 Å². The number of hydrogen-bond donors (Lipinski definition) is 0. The number of carbonyl (C=O) groups excluding carboxylic acids is 1. The standard InChI is InChI=1S/C24H26N2O4/c1-30-23(27)24-16-8-9-17-25(24)20(15-14-18-10-4-2-5-11-18)22(26(28)29)21(24)19-12-6-3-7-13-19/h2-7,10-15,20-22H,8-9,16-17H2,1H3/b15-14+/t20-,21-,22+,24+/m0/s1. The molecule has 0 N–H and O–H groups in total. The van der Waals surface area contributed by atoms with E-state index in [2.05, 4.69) is 0 Å². The van der Waals surface area contributed by atoms with Gasteiger partial charge in [0.05, 0.1) is 19.1 Å². The average Bonchev–Trinajstić information content (AvgIpc) is 3.10. The van der Waals surface area contributed by atoms with Gasteiger partial charge in [0.1, 0.15) is 5.54 Å². The van der Waals surface area contributed by atoms with Crippen molar-refractivity contribution in [1.29, 1.82) is 0 Å². The van der Waals surface area contributed by atoms with Crippen molar-refractivity contribution in [3.8, 4) is 0 Å². The summed E-state index contributed by atoms with van der Waals surface area (Å²) in [4.78, 5) is 27.5. The van der Waals surface area contributed by atoms with Crippen LogP contribution >= 0.6 is 0 Å². The minimum atomic E-state index is -1.03. The summed E-state index contributed by atoms with van der Waals surface area (Å²) in [6.07, 6.45) is 6.12. The van der Waals surface area contributed by atoms with E-state index in [-0.39, 0.29) is 10.9 Å². The minimum Gasteiger partial charge on any atom is -0.468 e. The number of benzene rings is 2. The second-order valence-electron chi connectivity index (χ2n) is 7.99. The average molecular weight is 406 g/mol. The zero-order valence-electron chi connectivity index (χ0n) is 17.0. The van der Waals surface area contributed by atoms with E-state index in [9.17, 15) is 14.9 Å². The Bertz CT molecular complexity index is 931. The second kappa shape index (κ2) is 8.40. The predicted octanol–water partition coefficient (Wildman–Crippen LogP) is 3.91.